The van der Waals surface area contributed by atoms with Crippen molar-refractivity contribution in [2.45, 2.75) is 58.9 Å². The number of aryl methyl sites for hydroxylation is 1. The lowest BCUT2D eigenvalue weighted by Gasteiger charge is -2.40. The Hall–Kier alpha value is -6.12. The van der Waals surface area contributed by atoms with Crippen LogP contribution in [0.15, 0.2) is 84.5 Å². The number of amides is 3. The van der Waals surface area contributed by atoms with Crippen molar-refractivity contribution in [3.63, 3.8) is 0 Å². The van der Waals surface area contributed by atoms with Crippen molar-refractivity contribution < 1.29 is 14.4 Å². The minimum Gasteiger partial charge on any atom is -0.372 e. The monoisotopic (exact) mass is 866 g/mol. The number of H-pyrrole nitrogens is 1. The van der Waals surface area contributed by atoms with E-state index in [1.54, 1.807) is 18.3 Å². The summed E-state index contributed by atoms with van der Waals surface area (Å²) in [4.78, 5) is 62.7. The number of fused-ring (bicyclic) bond motifs is 1. The van der Waals surface area contributed by atoms with Crippen LogP contribution in [-0.4, -0.2) is 102 Å². The molecule has 0 aliphatic carbocycles. The third-order valence-corrected chi connectivity index (χ3v) is 13.7. The minimum absolute atomic E-state index is 0.0807. The number of carbonyl (C=O) groups excluding carboxylic acids is 3. The molecule has 2 fully saturated rings. The van der Waals surface area contributed by atoms with Gasteiger partial charge >= 0.3 is 0 Å². The second-order valence-corrected chi connectivity index (χ2v) is 18.6. The van der Waals surface area contributed by atoms with Gasteiger partial charge in [0.25, 0.3) is 5.91 Å². The topological polar surface area (TPSA) is 143 Å². The van der Waals surface area contributed by atoms with Gasteiger partial charge in [-0.1, -0.05) is 45.0 Å². The van der Waals surface area contributed by atoms with Gasteiger partial charge in [-0.2, -0.15) is 0 Å². The minimum atomic E-state index is -0.165. The zero-order valence-corrected chi connectivity index (χ0v) is 37.8. The van der Waals surface area contributed by atoms with E-state index in [0.717, 1.165) is 120 Å². The van der Waals surface area contributed by atoms with Gasteiger partial charge in [-0.25, -0.2) is 15.0 Å². The van der Waals surface area contributed by atoms with Crippen LogP contribution in [0.3, 0.4) is 0 Å². The van der Waals surface area contributed by atoms with Gasteiger partial charge in [0.15, 0.2) is 0 Å². The standard InChI is InChI=1S/C49H58N10O3S/c1-33-26-36(6-7-37(33)28-51-47(62)43-30-63-48(55-43)49(2,3)4)45-41-27-42(54-46(41)53-31-52-45)35-8-10-38(11-9-35)58-24-22-56(23-25-58)29-34-16-19-57(20-17-34)39-12-14-40(15-13-39)59(32-60)21-18-44(61)50-5/h6-15,26-27,30-32,34H,16-25,28-29H2,1-5H3,(H,50,61)(H,51,62)(H,52,53,54). The van der Waals surface area contributed by atoms with E-state index in [-0.39, 0.29) is 23.7 Å². The normalized spacial score (nSPS) is 15.1. The highest BCUT2D eigenvalue weighted by Gasteiger charge is 2.25. The van der Waals surface area contributed by atoms with Gasteiger partial charge in [-0.05, 0) is 90.9 Å². The van der Waals surface area contributed by atoms with E-state index in [0.29, 0.717) is 24.7 Å². The first-order valence-electron chi connectivity index (χ1n) is 22.0. The smallest absolute Gasteiger partial charge is 0.271 e. The van der Waals surface area contributed by atoms with Crippen molar-refractivity contribution in [1.29, 1.82) is 0 Å². The average molecular weight is 867 g/mol. The molecule has 3 N–H and O–H groups in total. The van der Waals surface area contributed by atoms with Crippen molar-refractivity contribution >= 4 is 57.7 Å². The predicted octanol–water partition coefficient (Wildman–Crippen LogP) is 7.42. The fraction of sp³-hybridized carbons (Fsp3) is 0.388. The molecular formula is C49H58N10O3S. The van der Waals surface area contributed by atoms with Crippen molar-refractivity contribution in [3.05, 3.63) is 106 Å². The third kappa shape index (κ3) is 10.2. The number of hydrogen-bond donors (Lipinski definition) is 3. The maximum atomic E-state index is 12.9. The van der Waals surface area contributed by atoms with Crippen LogP contribution in [0.5, 0.6) is 0 Å². The summed E-state index contributed by atoms with van der Waals surface area (Å²) >= 11 is 1.52. The molecule has 0 atom stereocenters. The Morgan fingerprint density at radius 3 is 2.22 bits per heavy atom. The molecule has 328 valence electrons. The molecule has 3 aromatic carbocycles. The number of aromatic amines is 1. The highest BCUT2D eigenvalue weighted by molar-refractivity contribution is 7.10. The van der Waals surface area contributed by atoms with Crippen LogP contribution < -0.4 is 25.3 Å². The number of piperidine rings is 1. The summed E-state index contributed by atoms with van der Waals surface area (Å²) in [5, 5.41) is 9.39. The molecule has 2 aliphatic heterocycles. The predicted molar refractivity (Wildman–Crippen MR) is 254 cm³/mol. The molecule has 63 heavy (non-hydrogen) atoms. The van der Waals surface area contributed by atoms with Crippen LogP contribution in [0, 0.1) is 12.8 Å². The highest BCUT2D eigenvalue weighted by atomic mass is 32.1. The summed E-state index contributed by atoms with van der Waals surface area (Å²) in [6, 6.07) is 25.4. The zero-order valence-electron chi connectivity index (χ0n) is 37.0. The summed E-state index contributed by atoms with van der Waals surface area (Å²) < 4.78 is 0. The van der Waals surface area contributed by atoms with Crippen LogP contribution in [0.1, 0.15) is 66.7 Å². The SMILES string of the molecule is CNC(=O)CCN(C=O)c1ccc(N2CCC(CN3CCN(c4ccc(-c5cc6c(-c7ccc(CNC(=O)c8csc(C(C)(C)C)n8)c(C)c7)ncnc6[nH]5)cc4)CC3)CC2)cc1. The second-order valence-electron chi connectivity index (χ2n) is 17.8. The maximum Gasteiger partial charge on any atom is 0.271 e. The summed E-state index contributed by atoms with van der Waals surface area (Å²) in [5.74, 6) is 0.438. The molecule has 6 aromatic rings. The molecule has 8 rings (SSSR count). The molecule has 2 aliphatic rings. The number of carbonyl (C=O) groups is 3. The molecule has 5 heterocycles. The fourth-order valence-electron chi connectivity index (χ4n) is 8.58. The molecule has 0 radical (unpaired) electrons. The number of aromatic nitrogens is 4. The summed E-state index contributed by atoms with van der Waals surface area (Å²) in [5.41, 5.74) is 10.5. The van der Waals surface area contributed by atoms with Crippen molar-refractivity contribution in [3.8, 4) is 22.5 Å². The van der Waals surface area contributed by atoms with E-state index in [4.69, 9.17) is 4.98 Å². The van der Waals surface area contributed by atoms with Crippen molar-refractivity contribution in [2.75, 3.05) is 74.1 Å². The lowest BCUT2D eigenvalue weighted by Crippen LogP contribution is -2.49. The zero-order chi connectivity index (χ0) is 44.1. The van der Waals surface area contributed by atoms with E-state index in [9.17, 15) is 14.4 Å². The Labute approximate surface area is 373 Å². The Morgan fingerprint density at radius 1 is 0.889 bits per heavy atom. The molecule has 3 amide bonds. The number of hydrogen-bond acceptors (Lipinski definition) is 10. The first-order valence-corrected chi connectivity index (χ1v) is 22.9. The van der Waals surface area contributed by atoms with Gasteiger partial charge in [-0.3, -0.25) is 19.3 Å². The van der Waals surface area contributed by atoms with Gasteiger partial charge in [0.05, 0.1) is 10.7 Å². The third-order valence-electron chi connectivity index (χ3n) is 12.4. The van der Waals surface area contributed by atoms with Gasteiger partial charge in [0.1, 0.15) is 17.7 Å². The largest absolute Gasteiger partial charge is 0.372 e. The van der Waals surface area contributed by atoms with Crippen LogP contribution >= 0.6 is 11.3 Å². The first kappa shape index (κ1) is 43.5. The number of nitrogens with zero attached hydrogens (tertiary/aromatic N) is 7. The first-order chi connectivity index (χ1) is 30.4. The van der Waals surface area contributed by atoms with Crippen LogP contribution in [-0.2, 0) is 21.5 Å². The number of anilines is 3. The second kappa shape index (κ2) is 19.1. The van der Waals surface area contributed by atoms with E-state index >= 15 is 0 Å². The van der Waals surface area contributed by atoms with Crippen LogP contribution in [0.25, 0.3) is 33.5 Å². The molecule has 0 bridgehead atoms. The average Bonchev–Trinajstić information content (AvgIpc) is 3.99. The van der Waals surface area contributed by atoms with Gasteiger partial charge in [0.2, 0.25) is 12.3 Å². The Kier molecular flexibility index (Phi) is 13.2. The van der Waals surface area contributed by atoms with Crippen molar-refractivity contribution in [1.82, 2.24) is 35.5 Å². The number of rotatable bonds is 14. The summed E-state index contributed by atoms with van der Waals surface area (Å²) in [6.45, 7) is 16.5. The van der Waals surface area contributed by atoms with E-state index in [1.165, 1.54) is 22.7 Å². The molecule has 3 aromatic heterocycles. The summed E-state index contributed by atoms with van der Waals surface area (Å²) in [7, 11) is 1.61. The number of nitrogens with one attached hydrogen (secondary N) is 3. The fourth-order valence-corrected chi connectivity index (χ4v) is 9.47. The van der Waals surface area contributed by atoms with E-state index in [1.807, 2.05) is 17.5 Å². The van der Waals surface area contributed by atoms with Gasteiger partial charge in [0, 0.05) is 117 Å². The lowest BCUT2D eigenvalue weighted by molar-refractivity contribution is -0.120. The van der Waals surface area contributed by atoms with Crippen LogP contribution in [0.4, 0.5) is 17.1 Å². The number of benzene rings is 3. The Balaban J connectivity index is 0.815. The Bertz CT molecular complexity index is 2530. The molecule has 0 saturated carbocycles. The molecule has 14 heteroatoms. The Morgan fingerprint density at radius 2 is 1.57 bits per heavy atom. The molecule has 13 nitrogen and oxygen atoms in total. The highest BCUT2D eigenvalue weighted by Crippen LogP contribution is 2.33. The van der Waals surface area contributed by atoms with Crippen molar-refractivity contribution in [2.24, 2.45) is 5.92 Å². The quantitative estimate of drug-likeness (QED) is 0.0954. The molecule has 2 saturated heterocycles. The number of thiazole rings is 1. The van der Waals surface area contributed by atoms with Gasteiger partial charge in [-0.15, -0.1) is 11.3 Å². The van der Waals surface area contributed by atoms with Crippen LogP contribution in [0.2, 0.25) is 0 Å². The molecular weight excluding hydrogens is 809 g/mol. The maximum absolute atomic E-state index is 12.9. The summed E-state index contributed by atoms with van der Waals surface area (Å²) in [6.07, 6.45) is 5.00. The molecule has 0 unspecified atom stereocenters. The van der Waals surface area contributed by atoms with E-state index < -0.39 is 0 Å². The number of piperazine rings is 1. The van der Waals surface area contributed by atoms with Gasteiger partial charge < -0.3 is 30.3 Å². The lowest BCUT2D eigenvalue weighted by atomic mass is 9.95. The molecule has 0 spiro atoms. The van der Waals surface area contributed by atoms with E-state index in [2.05, 4.69) is 129 Å².